The van der Waals surface area contributed by atoms with Crippen LogP contribution in [0.15, 0.2) is 24.3 Å². The van der Waals surface area contributed by atoms with E-state index >= 15 is 0 Å². The summed E-state index contributed by atoms with van der Waals surface area (Å²) in [6.45, 7) is 4.12. The number of amides is 2. The van der Waals surface area contributed by atoms with E-state index in [0.29, 0.717) is 56.9 Å². The number of hydrogen-bond donors (Lipinski definition) is 5. The monoisotopic (exact) mass is 336 g/mol. The molecule has 1 aromatic rings. The quantitative estimate of drug-likeness (QED) is 0.306. The molecule has 134 valence electrons. The van der Waals surface area contributed by atoms with E-state index in [1.807, 2.05) is 0 Å². The second-order valence-electron chi connectivity index (χ2n) is 5.24. The fourth-order valence-electron chi connectivity index (χ4n) is 2.17. The third kappa shape index (κ3) is 6.63. The summed E-state index contributed by atoms with van der Waals surface area (Å²) < 4.78 is 0. The lowest BCUT2D eigenvalue weighted by molar-refractivity contribution is 0.0764. The Labute approximate surface area is 142 Å². The highest BCUT2D eigenvalue weighted by Gasteiger charge is 2.15. The van der Waals surface area contributed by atoms with Crippen LogP contribution >= 0.6 is 0 Å². The summed E-state index contributed by atoms with van der Waals surface area (Å²) in [5, 5.41) is 5.89. The third-order valence-corrected chi connectivity index (χ3v) is 3.39. The van der Waals surface area contributed by atoms with Gasteiger partial charge in [0.25, 0.3) is 11.8 Å². The van der Waals surface area contributed by atoms with E-state index in [0.717, 1.165) is 6.54 Å². The molecule has 0 aromatic heterocycles. The third-order valence-electron chi connectivity index (χ3n) is 3.39. The lowest BCUT2D eigenvalue weighted by Crippen LogP contribution is -2.38. The number of nitrogens with one attached hydrogen (secondary N) is 2. The van der Waals surface area contributed by atoms with Crippen molar-refractivity contribution in [2.75, 3.05) is 52.4 Å². The number of hydrogen-bond acceptors (Lipinski definition) is 6. The van der Waals surface area contributed by atoms with Crippen LogP contribution in [-0.4, -0.2) is 69.1 Å². The van der Waals surface area contributed by atoms with Crippen molar-refractivity contribution in [3.8, 4) is 0 Å². The van der Waals surface area contributed by atoms with Gasteiger partial charge < -0.3 is 32.7 Å². The maximum Gasteiger partial charge on any atom is 0.253 e. The van der Waals surface area contributed by atoms with Gasteiger partial charge in [-0.15, -0.1) is 0 Å². The van der Waals surface area contributed by atoms with Crippen LogP contribution in [0.5, 0.6) is 0 Å². The molecule has 8 nitrogen and oxygen atoms in total. The number of nitrogens with zero attached hydrogens (tertiary/aromatic N) is 1. The van der Waals surface area contributed by atoms with E-state index in [4.69, 9.17) is 17.2 Å². The first-order valence-corrected chi connectivity index (χ1v) is 8.12. The first-order valence-electron chi connectivity index (χ1n) is 8.12. The highest BCUT2D eigenvalue weighted by atomic mass is 16.2. The zero-order valence-corrected chi connectivity index (χ0v) is 14.0. The molecule has 0 heterocycles. The molecule has 8 N–H and O–H groups in total. The van der Waals surface area contributed by atoms with Gasteiger partial charge in [0.1, 0.15) is 0 Å². The first-order chi connectivity index (χ1) is 11.6. The summed E-state index contributed by atoms with van der Waals surface area (Å²) in [6, 6.07) is 6.56. The van der Waals surface area contributed by atoms with Gasteiger partial charge in [-0.3, -0.25) is 9.59 Å². The Morgan fingerprint density at radius 1 is 0.833 bits per heavy atom. The van der Waals surface area contributed by atoms with Gasteiger partial charge >= 0.3 is 0 Å². The zero-order valence-electron chi connectivity index (χ0n) is 14.0. The summed E-state index contributed by atoms with van der Waals surface area (Å²) >= 11 is 0. The lowest BCUT2D eigenvalue weighted by Gasteiger charge is -2.21. The number of nitrogens with two attached hydrogens (primary N) is 3. The molecule has 0 aliphatic carbocycles. The highest BCUT2D eigenvalue weighted by molar-refractivity contribution is 5.97. The predicted molar refractivity (Wildman–Crippen MR) is 94.7 cm³/mol. The molecule has 1 aromatic carbocycles. The van der Waals surface area contributed by atoms with E-state index < -0.39 is 0 Å². The Bertz CT molecular complexity index is 500. The summed E-state index contributed by atoms with van der Waals surface area (Å²) in [7, 11) is 0. The van der Waals surface area contributed by atoms with E-state index in [2.05, 4.69) is 10.6 Å². The Morgan fingerprint density at radius 2 is 1.42 bits per heavy atom. The van der Waals surface area contributed by atoms with Crippen molar-refractivity contribution in [2.45, 2.75) is 0 Å². The molecule has 0 aliphatic heterocycles. The normalized spacial score (nSPS) is 10.5. The van der Waals surface area contributed by atoms with Crippen LogP contribution in [0.4, 0.5) is 0 Å². The van der Waals surface area contributed by atoms with Crippen molar-refractivity contribution >= 4 is 11.8 Å². The molecule has 24 heavy (non-hydrogen) atoms. The maximum atomic E-state index is 12.4. The molecule has 2 amide bonds. The average molecular weight is 336 g/mol. The average Bonchev–Trinajstić information content (AvgIpc) is 2.60. The number of rotatable bonds is 11. The first kappa shape index (κ1) is 20.0. The topological polar surface area (TPSA) is 140 Å². The molecule has 0 spiro atoms. The maximum absolute atomic E-state index is 12.4. The van der Waals surface area contributed by atoms with Gasteiger partial charge in [-0.1, -0.05) is 0 Å². The van der Waals surface area contributed by atoms with Crippen molar-refractivity contribution in [1.82, 2.24) is 15.5 Å². The predicted octanol–water partition coefficient (Wildman–Crippen LogP) is -1.68. The van der Waals surface area contributed by atoms with Crippen LogP contribution < -0.4 is 27.8 Å². The molecule has 0 aliphatic rings. The van der Waals surface area contributed by atoms with Gasteiger partial charge in [-0.05, 0) is 24.3 Å². The van der Waals surface area contributed by atoms with Gasteiger partial charge in [0, 0.05) is 63.5 Å². The molecule has 0 fully saturated rings. The molecule has 1 rings (SSSR count). The molecule has 8 heteroatoms. The SMILES string of the molecule is NCCNCCNC(=O)c1ccc(C(=O)N(CCN)CCN)cc1. The minimum absolute atomic E-state index is 0.135. The lowest BCUT2D eigenvalue weighted by atomic mass is 10.1. The molecule has 0 unspecified atom stereocenters. The van der Waals surface area contributed by atoms with Crippen LogP contribution in [0.1, 0.15) is 20.7 Å². The Kier molecular flexibility index (Phi) is 9.62. The summed E-state index contributed by atoms with van der Waals surface area (Å²) in [6.07, 6.45) is 0. The second kappa shape index (κ2) is 11.5. The van der Waals surface area contributed by atoms with Crippen LogP contribution in [0, 0.1) is 0 Å². The fourth-order valence-corrected chi connectivity index (χ4v) is 2.17. The fraction of sp³-hybridized carbons (Fsp3) is 0.500. The smallest absolute Gasteiger partial charge is 0.253 e. The summed E-state index contributed by atoms with van der Waals surface area (Å²) in [4.78, 5) is 26.0. The highest BCUT2D eigenvalue weighted by Crippen LogP contribution is 2.08. The summed E-state index contributed by atoms with van der Waals surface area (Å²) in [5.74, 6) is -0.312. The molecular weight excluding hydrogens is 308 g/mol. The molecule has 0 saturated heterocycles. The molecule has 0 saturated carbocycles. The number of carbonyl (C=O) groups excluding carboxylic acids is 2. The second-order valence-corrected chi connectivity index (χ2v) is 5.24. The Hall–Kier alpha value is -2.00. The van der Waals surface area contributed by atoms with Gasteiger partial charge in [0.2, 0.25) is 0 Å². The molecule has 0 atom stereocenters. The van der Waals surface area contributed by atoms with Crippen LogP contribution in [0.2, 0.25) is 0 Å². The minimum Gasteiger partial charge on any atom is -0.351 e. The standard InChI is InChI=1S/C16H28N6O2/c17-5-8-20-9-10-21-15(23)13-1-3-14(4-2-13)16(24)22(11-6-18)12-7-19/h1-4,20H,5-12,17-19H2,(H,21,23). The van der Waals surface area contributed by atoms with Crippen molar-refractivity contribution in [3.63, 3.8) is 0 Å². The van der Waals surface area contributed by atoms with Gasteiger partial charge in [0.05, 0.1) is 0 Å². The largest absolute Gasteiger partial charge is 0.351 e. The molecule has 0 bridgehead atoms. The van der Waals surface area contributed by atoms with Gasteiger partial charge in [-0.25, -0.2) is 0 Å². The zero-order chi connectivity index (χ0) is 17.8. The van der Waals surface area contributed by atoms with Gasteiger partial charge in [0.15, 0.2) is 0 Å². The van der Waals surface area contributed by atoms with Crippen molar-refractivity contribution < 1.29 is 9.59 Å². The molecular formula is C16H28N6O2. The van der Waals surface area contributed by atoms with Crippen molar-refractivity contribution in [3.05, 3.63) is 35.4 Å². The minimum atomic E-state index is -0.177. The Balaban J connectivity index is 2.57. The van der Waals surface area contributed by atoms with E-state index in [1.54, 1.807) is 29.2 Å². The van der Waals surface area contributed by atoms with Gasteiger partial charge in [-0.2, -0.15) is 0 Å². The van der Waals surface area contributed by atoms with E-state index in [1.165, 1.54) is 0 Å². The van der Waals surface area contributed by atoms with Crippen molar-refractivity contribution in [2.24, 2.45) is 17.2 Å². The number of carbonyl (C=O) groups is 2. The number of benzene rings is 1. The Morgan fingerprint density at radius 3 is 1.96 bits per heavy atom. The molecule has 0 radical (unpaired) electrons. The van der Waals surface area contributed by atoms with E-state index in [9.17, 15) is 9.59 Å². The van der Waals surface area contributed by atoms with Crippen LogP contribution in [0.3, 0.4) is 0 Å². The van der Waals surface area contributed by atoms with E-state index in [-0.39, 0.29) is 11.8 Å². The van der Waals surface area contributed by atoms with Crippen molar-refractivity contribution in [1.29, 1.82) is 0 Å². The van der Waals surface area contributed by atoms with Crippen LogP contribution in [-0.2, 0) is 0 Å². The van der Waals surface area contributed by atoms with Crippen LogP contribution in [0.25, 0.3) is 0 Å². The summed E-state index contributed by atoms with van der Waals surface area (Å²) in [5.41, 5.74) is 17.4.